The van der Waals surface area contributed by atoms with E-state index in [9.17, 15) is 4.79 Å². The fourth-order valence-corrected chi connectivity index (χ4v) is 2.99. The van der Waals surface area contributed by atoms with Crippen molar-refractivity contribution < 1.29 is 4.79 Å². The standard InChI is InChI=1S/C12H22N2O/c13-9-12(6-2-3-7-12)10-14-8-4-1-5-11(14)15/h1-10,13H2. The summed E-state index contributed by atoms with van der Waals surface area (Å²) in [5.74, 6) is 0.348. The van der Waals surface area contributed by atoms with E-state index in [0.717, 1.165) is 32.5 Å². The second kappa shape index (κ2) is 4.52. The number of carbonyl (C=O) groups is 1. The van der Waals surface area contributed by atoms with Gasteiger partial charge in [-0.1, -0.05) is 12.8 Å². The molecule has 0 aromatic heterocycles. The first-order chi connectivity index (χ1) is 7.26. The summed E-state index contributed by atoms with van der Waals surface area (Å²) in [6.45, 7) is 2.62. The average Bonchev–Trinajstić information content (AvgIpc) is 2.71. The van der Waals surface area contributed by atoms with Crippen molar-refractivity contribution in [1.82, 2.24) is 4.90 Å². The van der Waals surface area contributed by atoms with E-state index < -0.39 is 0 Å². The molecule has 0 bridgehead atoms. The van der Waals surface area contributed by atoms with E-state index in [-0.39, 0.29) is 5.41 Å². The Hall–Kier alpha value is -0.570. The molecule has 2 rings (SSSR count). The van der Waals surface area contributed by atoms with E-state index in [1.807, 2.05) is 0 Å². The minimum Gasteiger partial charge on any atom is -0.342 e. The number of nitrogens with two attached hydrogens (primary N) is 1. The van der Waals surface area contributed by atoms with Gasteiger partial charge in [-0.05, 0) is 32.2 Å². The Bertz CT molecular complexity index is 234. The van der Waals surface area contributed by atoms with E-state index >= 15 is 0 Å². The second-order valence-electron chi connectivity index (χ2n) is 5.18. The molecule has 0 aromatic rings. The van der Waals surface area contributed by atoms with Gasteiger partial charge >= 0.3 is 0 Å². The number of carbonyl (C=O) groups excluding carboxylic acids is 1. The molecule has 15 heavy (non-hydrogen) atoms. The maximum Gasteiger partial charge on any atom is 0.222 e. The molecule has 86 valence electrons. The fourth-order valence-electron chi connectivity index (χ4n) is 2.99. The van der Waals surface area contributed by atoms with Crippen molar-refractivity contribution in [2.45, 2.75) is 44.9 Å². The lowest BCUT2D eigenvalue weighted by molar-refractivity contribution is -0.134. The van der Waals surface area contributed by atoms with Crippen LogP contribution >= 0.6 is 0 Å². The van der Waals surface area contributed by atoms with Crippen molar-refractivity contribution in [3.8, 4) is 0 Å². The highest BCUT2D eigenvalue weighted by atomic mass is 16.2. The summed E-state index contributed by atoms with van der Waals surface area (Å²) < 4.78 is 0. The van der Waals surface area contributed by atoms with Gasteiger partial charge in [0.15, 0.2) is 0 Å². The number of hydrogen-bond acceptors (Lipinski definition) is 2. The highest BCUT2D eigenvalue weighted by molar-refractivity contribution is 5.76. The number of piperidine rings is 1. The zero-order valence-corrected chi connectivity index (χ0v) is 9.50. The van der Waals surface area contributed by atoms with Crippen LogP contribution < -0.4 is 5.73 Å². The molecular formula is C12H22N2O. The predicted molar refractivity (Wildman–Crippen MR) is 60.4 cm³/mol. The van der Waals surface area contributed by atoms with E-state index in [1.54, 1.807) is 0 Å². The van der Waals surface area contributed by atoms with Crippen molar-refractivity contribution in [2.75, 3.05) is 19.6 Å². The van der Waals surface area contributed by atoms with Crippen molar-refractivity contribution in [1.29, 1.82) is 0 Å². The van der Waals surface area contributed by atoms with Crippen LogP contribution in [-0.2, 0) is 4.79 Å². The van der Waals surface area contributed by atoms with Crippen LogP contribution in [0.15, 0.2) is 0 Å². The molecule has 0 spiro atoms. The average molecular weight is 210 g/mol. The fraction of sp³-hybridized carbons (Fsp3) is 0.917. The van der Waals surface area contributed by atoms with Crippen molar-refractivity contribution in [3.63, 3.8) is 0 Å². The zero-order chi connectivity index (χ0) is 10.7. The number of hydrogen-bond donors (Lipinski definition) is 1. The smallest absolute Gasteiger partial charge is 0.222 e. The first-order valence-electron chi connectivity index (χ1n) is 6.24. The van der Waals surface area contributed by atoms with Crippen molar-refractivity contribution >= 4 is 5.91 Å². The summed E-state index contributed by atoms with van der Waals surface area (Å²) in [4.78, 5) is 13.8. The van der Waals surface area contributed by atoms with E-state index in [2.05, 4.69) is 4.90 Å². The molecule has 1 saturated carbocycles. The van der Waals surface area contributed by atoms with Crippen LogP contribution in [-0.4, -0.2) is 30.4 Å². The highest BCUT2D eigenvalue weighted by Crippen LogP contribution is 2.38. The van der Waals surface area contributed by atoms with Gasteiger partial charge in [0.1, 0.15) is 0 Å². The van der Waals surface area contributed by atoms with Crippen LogP contribution in [0.25, 0.3) is 0 Å². The summed E-state index contributed by atoms with van der Waals surface area (Å²) in [5, 5.41) is 0. The van der Waals surface area contributed by atoms with Gasteiger partial charge in [0.05, 0.1) is 0 Å². The van der Waals surface area contributed by atoms with Crippen molar-refractivity contribution in [3.05, 3.63) is 0 Å². The largest absolute Gasteiger partial charge is 0.342 e. The third kappa shape index (κ3) is 2.33. The third-order valence-electron chi connectivity index (χ3n) is 4.04. The Morgan fingerprint density at radius 2 is 1.93 bits per heavy atom. The molecule has 1 amide bonds. The molecule has 0 radical (unpaired) electrons. The third-order valence-corrected chi connectivity index (χ3v) is 4.04. The van der Waals surface area contributed by atoms with Gasteiger partial charge in [0.2, 0.25) is 5.91 Å². The Morgan fingerprint density at radius 3 is 2.53 bits per heavy atom. The molecule has 1 heterocycles. The number of amides is 1. The Balaban J connectivity index is 1.96. The van der Waals surface area contributed by atoms with Crippen LogP contribution in [0.2, 0.25) is 0 Å². The molecule has 0 atom stereocenters. The molecule has 2 fully saturated rings. The molecule has 2 N–H and O–H groups in total. The van der Waals surface area contributed by atoms with Crippen LogP contribution in [0.1, 0.15) is 44.9 Å². The van der Waals surface area contributed by atoms with Crippen LogP contribution in [0.4, 0.5) is 0 Å². The van der Waals surface area contributed by atoms with Gasteiger partial charge in [-0.3, -0.25) is 4.79 Å². The Morgan fingerprint density at radius 1 is 1.20 bits per heavy atom. The lowest BCUT2D eigenvalue weighted by Crippen LogP contribution is -2.45. The molecule has 1 aliphatic carbocycles. The van der Waals surface area contributed by atoms with Gasteiger partial charge in [-0.25, -0.2) is 0 Å². The quantitative estimate of drug-likeness (QED) is 0.767. The molecule has 2 aliphatic rings. The maximum atomic E-state index is 11.7. The van der Waals surface area contributed by atoms with Crippen LogP contribution in [0.5, 0.6) is 0 Å². The van der Waals surface area contributed by atoms with E-state index in [1.165, 1.54) is 32.1 Å². The molecule has 3 heteroatoms. The van der Waals surface area contributed by atoms with Gasteiger partial charge in [0.25, 0.3) is 0 Å². The minimum atomic E-state index is 0.257. The molecular weight excluding hydrogens is 188 g/mol. The van der Waals surface area contributed by atoms with Crippen LogP contribution in [0.3, 0.4) is 0 Å². The van der Waals surface area contributed by atoms with E-state index in [4.69, 9.17) is 5.73 Å². The monoisotopic (exact) mass is 210 g/mol. The first-order valence-corrected chi connectivity index (χ1v) is 6.24. The molecule has 0 unspecified atom stereocenters. The normalized spacial score (nSPS) is 25.9. The summed E-state index contributed by atoms with van der Waals surface area (Å²) in [6, 6.07) is 0. The van der Waals surface area contributed by atoms with Crippen molar-refractivity contribution in [2.24, 2.45) is 11.1 Å². The summed E-state index contributed by atoms with van der Waals surface area (Å²) in [7, 11) is 0. The number of nitrogens with zero attached hydrogens (tertiary/aromatic N) is 1. The first kappa shape index (κ1) is 10.9. The summed E-state index contributed by atoms with van der Waals surface area (Å²) >= 11 is 0. The number of likely N-dealkylation sites (tertiary alicyclic amines) is 1. The number of rotatable bonds is 3. The SMILES string of the molecule is NCC1(CN2CCCCC2=O)CCCC1. The molecule has 1 aliphatic heterocycles. The maximum absolute atomic E-state index is 11.7. The lowest BCUT2D eigenvalue weighted by Gasteiger charge is -2.36. The zero-order valence-electron chi connectivity index (χ0n) is 9.50. The van der Waals surface area contributed by atoms with Crippen LogP contribution in [0, 0.1) is 5.41 Å². The molecule has 0 aromatic carbocycles. The second-order valence-corrected chi connectivity index (χ2v) is 5.18. The summed E-state index contributed by atoms with van der Waals surface area (Å²) in [5.41, 5.74) is 6.15. The lowest BCUT2D eigenvalue weighted by atomic mass is 9.85. The van der Waals surface area contributed by atoms with Gasteiger partial charge in [0, 0.05) is 24.9 Å². The molecule has 3 nitrogen and oxygen atoms in total. The topological polar surface area (TPSA) is 46.3 Å². The minimum absolute atomic E-state index is 0.257. The van der Waals surface area contributed by atoms with Gasteiger partial charge in [-0.15, -0.1) is 0 Å². The van der Waals surface area contributed by atoms with Gasteiger partial charge < -0.3 is 10.6 Å². The predicted octanol–water partition coefficient (Wildman–Crippen LogP) is 1.52. The van der Waals surface area contributed by atoms with Gasteiger partial charge in [-0.2, -0.15) is 0 Å². The molecule has 1 saturated heterocycles. The Kier molecular flexibility index (Phi) is 3.29. The summed E-state index contributed by atoms with van der Waals surface area (Å²) in [6.07, 6.45) is 8.01. The van der Waals surface area contributed by atoms with E-state index in [0.29, 0.717) is 5.91 Å². The Labute approximate surface area is 92.0 Å². The highest BCUT2D eigenvalue weighted by Gasteiger charge is 2.35.